The van der Waals surface area contributed by atoms with Crippen molar-refractivity contribution in [3.63, 3.8) is 0 Å². The molecule has 1 heterocycles. The predicted molar refractivity (Wildman–Crippen MR) is 118 cm³/mol. The third kappa shape index (κ3) is 4.54. The minimum atomic E-state index is -1.22. The number of benzene rings is 2. The van der Waals surface area contributed by atoms with E-state index in [1.807, 2.05) is 37.3 Å². The highest BCUT2D eigenvalue weighted by atomic mass is 16.6. The molecule has 3 rings (SSSR count). The van der Waals surface area contributed by atoms with Gasteiger partial charge >= 0.3 is 11.9 Å². The van der Waals surface area contributed by atoms with Crippen molar-refractivity contribution in [3.05, 3.63) is 98.4 Å². The van der Waals surface area contributed by atoms with Gasteiger partial charge in [0.1, 0.15) is 6.10 Å². The number of rotatable bonds is 7. The molecular formula is C24H24N2O6. The second-order valence-electron chi connectivity index (χ2n) is 7.51. The normalized spacial score (nSPS) is 16.9. The number of hydrogen-bond donors (Lipinski definition) is 2. The van der Waals surface area contributed by atoms with Gasteiger partial charge in [-0.25, -0.2) is 9.59 Å². The van der Waals surface area contributed by atoms with Crippen LogP contribution in [0.5, 0.6) is 0 Å². The van der Waals surface area contributed by atoms with Crippen molar-refractivity contribution in [1.82, 2.24) is 5.32 Å². The fraction of sp³-hybridized carbons (Fsp3) is 0.250. The zero-order valence-corrected chi connectivity index (χ0v) is 18.0. The van der Waals surface area contributed by atoms with Crippen molar-refractivity contribution in [2.24, 2.45) is 0 Å². The molecule has 0 saturated heterocycles. The van der Waals surface area contributed by atoms with E-state index in [-0.39, 0.29) is 16.8 Å². The maximum absolute atomic E-state index is 13.4. The first-order valence-corrected chi connectivity index (χ1v) is 10.2. The van der Waals surface area contributed by atoms with Gasteiger partial charge in [-0.2, -0.15) is 0 Å². The molecule has 1 aliphatic rings. The van der Waals surface area contributed by atoms with Gasteiger partial charge in [-0.15, -0.1) is 0 Å². The van der Waals surface area contributed by atoms with Gasteiger partial charge in [0.25, 0.3) is 5.69 Å². The van der Waals surface area contributed by atoms with Crippen LogP contribution in [-0.2, 0) is 14.3 Å². The lowest BCUT2D eigenvalue weighted by atomic mass is 9.80. The third-order valence-corrected chi connectivity index (χ3v) is 5.42. The lowest BCUT2D eigenvalue weighted by molar-refractivity contribution is -0.384. The highest BCUT2D eigenvalue weighted by Crippen LogP contribution is 2.40. The Labute approximate surface area is 185 Å². The fourth-order valence-corrected chi connectivity index (χ4v) is 3.95. The first-order valence-electron chi connectivity index (χ1n) is 10.2. The molecule has 2 N–H and O–H groups in total. The number of carbonyl (C=O) groups is 2. The molecule has 0 bridgehead atoms. The number of carbonyl (C=O) groups excluding carboxylic acids is 1. The zero-order valence-electron chi connectivity index (χ0n) is 18.0. The predicted octanol–water partition coefficient (Wildman–Crippen LogP) is 4.61. The summed E-state index contributed by atoms with van der Waals surface area (Å²) in [5, 5.41) is 24.2. The summed E-state index contributed by atoms with van der Waals surface area (Å²) in [6.45, 7) is 5.14. The highest BCUT2D eigenvalue weighted by Gasteiger charge is 2.38. The van der Waals surface area contributed by atoms with Crippen LogP contribution < -0.4 is 5.32 Å². The highest BCUT2D eigenvalue weighted by molar-refractivity contribution is 5.99. The minimum absolute atomic E-state index is 0.0594. The summed E-state index contributed by atoms with van der Waals surface area (Å²) >= 11 is 0. The van der Waals surface area contributed by atoms with Crippen LogP contribution in [0.25, 0.3) is 0 Å². The largest absolute Gasteiger partial charge is 0.478 e. The summed E-state index contributed by atoms with van der Waals surface area (Å²) in [5.41, 5.74) is 1.82. The van der Waals surface area contributed by atoms with E-state index in [1.54, 1.807) is 19.9 Å². The lowest BCUT2D eigenvalue weighted by Gasteiger charge is -2.30. The van der Waals surface area contributed by atoms with Crippen LogP contribution in [0.3, 0.4) is 0 Å². The van der Waals surface area contributed by atoms with E-state index in [9.17, 15) is 24.8 Å². The molecule has 0 spiro atoms. The van der Waals surface area contributed by atoms with Crippen LogP contribution in [0.2, 0.25) is 0 Å². The maximum atomic E-state index is 13.4. The van der Waals surface area contributed by atoms with Crippen LogP contribution in [0.4, 0.5) is 5.69 Å². The number of nitro groups is 1. The van der Waals surface area contributed by atoms with Gasteiger partial charge in [0.05, 0.1) is 22.0 Å². The topological polar surface area (TPSA) is 119 Å². The molecule has 32 heavy (non-hydrogen) atoms. The maximum Gasteiger partial charge on any atom is 0.337 e. The van der Waals surface area contributed by atoms with E-state index < -0.39 is 28.9 Å². The van der Waals surface area contributed by atoms with Crippen LogP contribution >= 0.6 is 0 Å². The number of non-ortho nitro benzene ring substituents is 1. The Morgan fingerprint density at radius 1 is 1.09 bits per heavy atom. The van der Waals surface area contributed by atoms with Crippen LogP contribution in [0.15, 0.2) is 77.1 Å². The summed E-state index contributed by atoms with van der Waals surface area (Å²) in [4.78, 5) is 36.2. The standard InChI is InChI=1S/C24H24N2O6/c1-4-19(16-9-6-5-7-10-16)32-24(29)21-15(3)25-14(2)20(23(27)28)22(21)17-11-8-12-18(13-17)26(30)31/h5-13,19,22,25H,4H2,1-3H3,(H,27,28)/t19-,22+/m0/s1. The molecule has 166 valence electrons. The number of dihydropyridines is 1. The number of allylic oxidation sites excluding steroid dienone is 2. The number of ether oxygens (including phenoxy) is 1. The number of carboxylic acids is 1. The van der Waals surface area contributed by atoms with Gasteiger partial charge in [-0.3, -0.25) is 10.1 Å². The molecule has 2 aromatic carbocycles. The van der Waals surface area contributed by atoms with E-state index in [4.69, 9.17) is 4.74 Å². The van der Waals surface area contributed by atoms with Crippen molar-refractivity contribution in [3.8, 4) is 0 Å². The molecule has 8 nitrogen and oxygen atoms in total. The molecule has 8 heteroatoms. The average molecular weight is 436 g/mol. The number of hydrogen-bond acceptors (Lipinski definition) is 6. The van der Waals surface area contributed by atoms with Gasteiger partial charge in [0, 0.05) is 23.5 Å². The molecule has 0 unspecified atom stereocenters. The Morgan fingerprint density at radius 3 is 2.34 bits per heavy atom. The number of nitro benzene ring substituents is 1. The van der Waals surface area contributed by atoms with Crippen molar-refractivity contribution < 1.29 is 24.4 Å². The van der Waals surface area contributed by atoms with Crippen molar-refractivity contribution in [1.29, 1.82) is 0 Å². The lowest BCUT2D eigenvalue weighted by Crippen LogP contribution is -2.32. The number of esters is 1. The van der Waals surface area contributed by atoms with Gasteiger partial charge in [0.15, 0.2) is 0 Å². The summed E-state index contributed by atoms with van der Waals surface area (Å²) in [6, 6.07) is 14.9. The Kier molecular flexibility index (Phi) is 6.73. The summed E-state index contributed by atoms with van der Waals surface area (Å²) in [7, 11) is 0. The molecular weight excluding hydrogens is 412 g/mol. The van der Waals surface area contributed by atoms with Crippen molar-refractivity contribution >= 4 is 17.6 Å². The molecule has 2 aromatic rings. The molecule has 0 aliphatic carbocycles. The first kappa shape index (κ1) is 22.7. The van der Waals surface area contributed by atoms with Crippen molar-refractivity contribution in [2.75, 3.05) is 0 Å². The Bertz CT molecular complexity index is 1120. The van der Waals surface area contributed by atoms with Crippen molar-refractivity contribution in [2.45, 2.75) is 39.2 Å². The summed E-state index contributed by atoms with van der Waals surface area (Å²) in [6.07, 6.45) is 0.00696. The van der Waals surface area contributed by atoms with Crippen LogP contribution in [-0.4, -0.2) is 22.0 Å². The van der Waals surface area contributed by atoms with E-state index in [0.717, 1.165) is 5.56 Å². The van der Waals surface area contributed by atoms with E-state index >= 15 is 0 Å². The van der Waals surface area contributed by atoms with E-state index in [1.165, 1.54) is 18.2 Å². The molecule has 0 radical (unpaired) electrons. The smallest absolute Gasteiger partial charge is 0.337 e. The van der Waals surface area contributed by atoms with Gasteiger partial charge in [-0.1, -0.05) is 49.4 Å². The van der Waals surface area contributed by atoms with Crippen LogP contribution in [0.1, 0.15) is 50.3 Å². The Morgan fingerprint density at radius 2 is 1.75 bits per heavy atom. The Balaban J connectivity index is 2.08. The van der Waals surface area contributed by atoms with Gasteiger partial charge < -0.3 is 15.2 Å². The van der Waals surface area contributed by atoms with E-state index in [0.29, 0.717) is 23.4 Å². The molecule has 2 atom stereocenters. The summed E-state index contributed by atoms with van der Waals surface area (Å²) in [5.74, 6) is -2.91. The number of carboxylic acid groups (broad SMARTS) is 1. The van der Waals surface area contributed by atoms with Crippen LogP contribution in [0, 0.1) is 10.1 Å². The summed E-state index contributed by atoms with van der Waals surface area (Å²) < 4.78 is 5.80. The second kappa shape index (κ2) is 9.47. The quantitative estimate of drug-likeness (QED) is 0.370. The zero-order chi connectivity index (χ0) is 23.4. The number of nitrogens with zero attached hydrogens (tertiary/aromatic N) is 1. The molecule has 0 amide bonds. The number of aliphatic carboxylic acids is 1. The SMILES string of the molecule is CC[C@H](OC(=O)C1=C(C)NC(C)=C(C(=O)O)[C@H]1c1cccc([N+](=O)[O-])c1)c1ccccc1. The average Bonchev–Trinajstić information content (AvgIpc) is 2.77. The minimum Gasteiger partial charge on any atom is -0.478 e. The molecule has 0 fully saturated rings. The molecule has 0 aromatic heterocycles. The van der Waals surface area contributed by atoms with Gasteiger partial charge in [0.2, 0.25) is 0 Å². The first-order chi connectivity index (χ1) is 15.2. The molecule has 1 aliphatic heterocycles. The second-order valence-corrected chi connectivity index (χ2v) is 7.51. The van der Waals surface area contributed by atoms with Gasteiger partial charge in [-0.05, 0) is 31.4 Å². The monoisotopic (exact) mass is 436 g/mol. The third-order valence-electron chi connectivity index (χ3n) is 5.42. The fourth-order valence-electron chi connectivity index (χ4n) is 3.95. The number of nitrogens with one attached hydrogen (secondary N) is 1. The van der Waals surface area contributed by atoms with E-state index in [2.05, 4.69) is 5.32 Å². The molecule has 0 saturated carbocycles. The Hall–Kier alpha value is -3.94.